The number of likely N-dealkylation sites (N-methyl/N-ethyl adjacent to an activating group) is 1. The van der Waals surface area contributed by atoms with Crippen LogP contribution in [0.4, 0.5) is 10.5 Å². The molecule has 2 N–H and O–H groups in total. The molecule has 7 nitrogen and oxygen atoms in total. The van der Waals surface area contributed by atoms with Gasteiger partial charge in [0.1, 0.15) is 11.6 Å². The van der Waals surface area contributed by atoms with Gasteiger partial charge in [0.15, 0.2) is 0 Å². The summed E-state index contributed by atoms with van der Waals surface area (Å²) in [6.07, 6.45) is 3.16. The lowest BCUT2D eigenvalue weighted by Gasteiger charge is -2.26. The summed E-state index contributed by atoms with van der Waals surface area (Å²) in [5.41, 5.74) is 1.55. The molecular weight excluding hydrogens is 356 g/mol. The highest BCUT2D eigenvalue weighted by atomic mass is 16.2. The second-order valence-electron chi connectivity index (χ2n) is 7.73. The smallest absolute Gasteiger partial charge is 0.325 e. The minimum absolute atomic E-state index is 0.257. The van der Waals surface area contributed by atoms with Crippen LogP contribution in [0.25, 0.3) is 0 Å². The molecule has 0 bridgehead atoms. The number of hydrogen-bond acceptors (Lipinski definition) is 4. The van der Waals surface area contributed by atoms with E-state index in [-0.39, 0.29) is 11.8 Å². The van der Waals surface area contributed by atoms with E-state index in [1.165, 1.54) is 5.56 Å². The Labute approximate surface area is 166 Å². The first-order valence-electron chi connectivity index (χ1n) is 10.1. The van der Waals surface area contributed by atoms with Crippen molar-refractivity contribution in [2.24, 2.45) is 0 Å². The summed E-state index contributed by atoms with van der Waals surface area (Å²) >= 11 is 0. The number of carbonyl (C=O) groups excluding carboxylic acids is 3. The molecule has 1 saturated heterocycles. The molecule has 3 rings (SSSR count). The fourth-order valence-electron chi connectivity index (χ4n) is 4.26. The summed E-state index contributed by atoms with van der Waals surface area (Å²) in [5, 5.41) is 5.70. The van der Waals surface area contributed by atoms with Gasteiger partial charge in [-0.15, -0.1) is 0 Å². The van der Waals surface area contributed by atoms with Crippen LogP contribution in [-0.2, 0) is 9.59 Å². The third-order valence-electron chi connectivity index (χ3n) is 5.94. The van der Waals surface area contributed by atoms with Crippen LogP contribution in [0.2, 0.25) is 0 Å². The molecule has 0 radical (unpaired) electrons. The lowest BCUT2D eigenvalue weighted by Crippen LogP contribution is -2.50. The Morgan fingerprint density at radius 2 is 1.96 bits per heavy atom. The molecule has 2 aliphatic rings. The average molecular weight is 386 g/mol. The molecule has 28 heavy (non-hydrogen) atoms. The van der Waals surface area contributed by atoms with E-state index < -0.39 is 17.6 Å². The Morgan fingerprint density at radius 3 is 2.61 bits per heavy atom. The van der Waals surface area contributed by atoms with Gasteiger partial charge in [0.2, 0.25) is 5.91 Å². The number of carbonyl (C=O) groups is 3. The lowest BCUT2D eigenvalue weighted by atomic mass is 9.97. The predicted octanol–water partition coefficient (Wildman–Crippen LogP) is 2.19. The Hall–Kier alpha value is -2.57. The van der Waals surface area contributed by atoms with Crippen LogP contribution in [0.5, 0.6) is 0 Å². The fraction of sp³-hybridized carbons (Fsp3) is 0.571. The number of imide groups is 1. The zero-order valence-corrected chi connectivity index (χ0v) is 17.0. The predicted molar refractivity (Wildman–Crippen MR) is 108 cm³/mol. The molecule has 1 saturated carbocycles. The molecule has 1 aromatic carbocycles. The van der Waals surface area contributed by atoms with Crippen LogP contribution in [-0.4, -0.2) is 54.0 Å². The number of hydrogen-bond donors (Lipinski definition) is 2. The second-order valence-corrected chi connectivity index (χ2v) is 7.73. The lowest BCUT2D eigenvalue weighted by molar-refractivity contribution is -0.137. The molecule has 7 heteroatoms. The third kappa shape index (κ3) is 3.70. The van der Waals surface area contributed by atoms with Crippen molar-refractivity contribution in [1.29, 1.82) is 0 Å². The first-order valence-corrected chi connectivity index (χ1v) is 10.1. The largest absolute Gasteiger partial charge is 0.370 e. The van der Waals surface area contributed by atoms with Crippen molar-refractivity contribution in [1.82, 2.24) is 15.5 Å². The number of urea groups is 1. The summed E-state index contributed by atoms with van der Waals surface area (Å²) in [4.78, 5) is 41.0. The number of anilines is 1. The topological polar surface area (TPSA) is 81.8 Å². The molecule has 4 amide bonds. The van der Waals surface area contributed by atoms with Crippen LogP contribution in [0, 0.1) is 6.92 Å². The number of aryl methyl sites for hydroxylation is 1. The molecule has 2 fully saturated rings. The SMILES string of the molecule is CCN(CCNC(=O)C(C)N1C(=O)NC2(CCCC2)C1=O)c1ccccc1C. The quantitative estimate of drug-likeness (QED) is 0.704. The minimum Gasteiger partial charge on any atom is -0.370 e. The van der Waals surface area contributed by atoms with Gasteiger partial charge in [-0.2, -0.15) is 0 Å². The monoisotopic (exact) mass is 386 g/mol. The van der Waals surface area contributed by atoms with Gasteiger partial charge in [-0.25, -0.2) is 9.69 Å². The van der Waals surface area contributed by atoms with Crippen molar-refractivity contribution in [3.8, 4) is 0 Å². The van der Waals surface area contributed by atoms with Crippen LogP contribution in [0.15, 0.2) is 24.3 Å². The van der Waals surface area contributed by atoms with Crippen LogP contribution in [0.1, 0.15) is 45.1 Å². The maximum Gasteiger partial charge on any atom is 0.325 e. The molecule has 152 valence electrons. The van der Waals surface area contributed by atoms with Crippen molar-refractivity contribution in [2.75, 3.05) is 24.5 Å². The number of benzene rings is 1. The number of rotatable bonds is 7. The number of nitrogens with one attached hydrogen (secondary N) is 2. The molecule has 1 spiro atoms. The normalized spacial score (nSPS) is 19.0. The molecule has 1 atom stereocenters. The zero-order chi connectivity index (χ0) is 20.3. The van der Waals surface area contributed by atoms with Crippen molar-refractivity contribution in [2.45, 2.75) is 58.0 Å². The number of amides is 4. The molecule has 1 aliphatic carbocycles. The van der Waals surface area contributed by atoms with Gasteiger partial charge in [0.25, 0.3) is 5.91 Å². The van der Waals surface area contributed by atoms with Gasteiger partial charge < -0.3 is 15.5 Å². The molecule has 1 heterocycles. The van der Waals surface area contributed by atoms with E-state index in [0.29, 0.717) is 25.9 Å². The van der Waals surface area contributed by atoms with Gasteiger partial charge in [-0.1, -0.05) is 31.0 Å². The molecule has 0 aromatic heterocycles. The molecular formula is C21H30N4O3. The van der Waals surface area contributed by atoms with Crippen molar-refractivity contribution in [3.63, 3.8) is 0 Å². The maximum absolute atomic E-state index is 12.8. The average Bonchev–Trinajstić information content (AvgIpc) is 3.24. The highest BCUT2D eigenvalue weighted by Crippen LogP contribution is 2.35. The van der Waals surface area contributed by atoms with Gasteiger partial charge in [0, 0.05) is 25.3 Å². The van der Waals surface area contributed by atoms with Gasteiger partial charge in [-0.3, -0.25) is 9.59 Å². The van der Waals surface area contributed by atoms with Gasteiger partial charge >= 0.3 is 6.03 Å². The van der Waals surface area contributed by atoms with Crippen molar-refractivity contribution in [3.05, 3.63) is 29.8 Å². The van der Waals surface area contributed by atoms with E-state index in [0.717, 1.165) is 30.0 Å². The van der Waals surface area contributed by atoms with Gasteiger partial charge in [0.05, 0.1) is 0 Å². The van der Waals surface area contributed by atoms with E-state index in [9.17, 15) is 14.4 Å². The highest BCUT2D eigenvalue weighted by Gasteiger charge is 2.54. The standard InChI is InChI=1S/C21H30N4O3/c1-4-24(17-10-6-5-9-15(17)2)14-13-22-18(26)16(3)25-19(27)21(23-20(25)28)11-7-8-12-21/h5-6,9-10,16H,4,7-8,11-14H2,1-3H3,(H,22,26)(H,23,28). The van der Waals surface area contributed by atoms with Gasteiger partial charge in [-0.05, 0) is 45.2 Å². The van der Waals surface area contributed by atoms with E-state index in [2.05, 4.69) is 41.5 Å². The van der Waals surface area contributed by atoms with E-state index in [1.807, 2.05) is 12.1 Å². The fourth-order valence-corrected chi connectivity index (χ4v) is 4.26. The first kappa shape index (κ1) is 20.2. The molecule has 1 unspecified atom stereocenters. The second kappa shape index (κ2) is 8.20. The molecule has 1 aliphatic heterocycles. The zero-order valence-electron chi connectivity index (χ0n) is 17.0. The summed E-state index contributed by atoms with van der Waals surface area (Å²) in [7, 11) is 0. The highest BCUT2D eigenvalue weighted by molar-refractivity contribution is 6.09. The Bertz CT molecular complexity index is 758. The molecule has 1 aromatic rings. The summed E-state index contributed by atoms with van der Waals surface area (Å²) in [6, 6.07) is 6.87. The summed E-state index contributed by atoms with van der Waals surface area (Å²) in [5.74, 6) is -0.563. The Balaban J connectivity index is 1.56. The Kier molecular flexibility index (Phi) is 5.91. The maximum atomic E-state index is 12.8. The van der Waals surface area contributed by atoms with E-state index in [1.54, 1.807) is 6.92 Å². The summed E-state index contributed by atoms with van der Waals surface area (Å²) < 4.78 is 0. The van der Waals surface area contributed by atoms with Crippen molar-refractivity contribution < 1.29 is 14.4 Å². The number of nitrogens with zero attached hydrogens (tertiary/aromatic N) is 2. The van der Waals surface area contributed by atoms with Crippen LogP contribution >= 0.6 is 0 Å². The minimum atomic E-state index is -0.819. The summed E-state index contributed by atoms with van der Waals surface area (Å²) in [6.45, 7) is 7.68. The number of para-hydroxylation sites is 1. The van der Waals surface area contributed by atoms with E-state index in [4.69, 9.17) is 0 Å². The van der Waals surface area contributed by atoms with E-state index >= 15 is 0 Å². The van der Waals surface area contributed by atoms with Crippen LogP contribution in [0.3, 0.4) is 0 Å². The Morgan fingerprint density at radius 1 is 1.29 bits per heavy atom. The van der Waals surface area contributed by atoms with Crippen molar-refractivity contribution >= 4 is 23.5 Å². The third-order valence-corrected chi connectivity index (χ3v) is 5.94. The first-order chi connectivity index (χ1) is 13.4. The van der Waals surface area contributed by atoms with Crippen LogP contribution < -0.4 is 15.5 Å².